The molecule has 1 rings (SSSR count). The van der Waals surface area contributed by atoms with Crippen LogP contribution in [0.1, 0.15) is 70.6 Å². The Morgan fingerprint density at radius 1 is 0.882 bits per heavy atom. The standard InChI is InChI=1S/C16H31N/c1-17(2)15-11-6-4-3-5-8-12-16-13-9-7-10-14-16/h12H,3-11,13-15H2,1-2H3/p+1. The third-order valence-corrected chi connectivity index (χ3v) is 3.81. The molecule has 1 aliphatic rings. The van der Waals surface area contributed by atoms with Crippen molar-refractivity contribution < 1.29 is 4.90 Å². The van der Waals surface area contributed by atoms with Gasteiger partial charge in [0, 0.05) is 0 Å². The van der Waals surface area contributed by atoms with Gasteiger partial charge in [-0.3, -0.25) is 0 Å². The van der Waals surface area contributed by atoms with E-state index in [1.54, 1.807) is 10.5 Å². The summed E-state index contributed by atoms with van der Waals surface area (Å²) in [5.74, 6) is 0. The molecular weight excluding hydrogens is 206 g/mol. The average Bonchev–Trinajstić information content (AvgIpc) is 2.33. The van der Waals surface area contributed by atoms with Crippen molar-refractivity contribution in [3.05, 3.63) is 11.6 Å². The minimum Gasteiger partial charge on any atom is -0.340 e. The molecule has 1 heteroatoms. The summed E-state index contributed by atoms with van der Waals surface area (Å²) in [5.41, 5.74) is 1.76. The second-order valence-electron chi connectivity index (χ2n) is 5.94. The molecule has 0 unspecified atom stereocenters. The molecular formula is C16H32N+. The van der Waals surface area contributed by atoms with Crippen LogP contribution in [0.2, 0.25) is 0 Å². The zero-order chi connectivity index (χ0) is 12.3. The Morgan fingerprint density at radius 2 is 1.53 bits per heavy atom. The van der Waals surface area contributed by atoms with Gasteiger partial charge in [0.2, 0.25) is 0 Å². The van der Waals surface area contributed by atoms with Gasteiger partial charge in [-0.05, 0) is 51.4 Å². The fourth-order valence-electron chi connectivity index (χ4n) is 2.67. The Morgan fingerprint density at radius 3 is 2.24 bits per heavy atom. The van der Waals surface area contributed by atoms with Crippen molar-refractivity contribution in [3.8, 4) is 0 Å². The molecule has 0 saturated heterocycles. The molecule has 0 radical (unpaired) electrons. The number of quaternary nitrogens is 1. The summed E-state index contributed by atoms with van der Waals surface area (Å²) in [6.07, 6.45) is 18.2. The van der Waals surface area contributed by atoms with Gasteiger partial charge in [-0.1, -0.05) is 30.9 Å². The largest absolute Gasteiger partial charge is 0.340 e. The molecule has 1 aliphatic carbocycles. The second kappa shape index (κ2) is 9.70. The van der Waals surface area contributed by atoms with E-state index in [2.05, 4.69) is 20.2 Å². The molecule has 1 N–H and O–H groups in total. The fourth-order valence-corrected chi connectivity index (χ4v) is 2.67. The average molecular weight is 238 g/mol. The molecule has 0 atom stereocenters. The van der Waals surface area contributed by atoms with E-state index in [9.17, 15) is 0 Å². The van der Waals surface area contributed by atoms with Crippen molar-refractivity contribution in [1.82, 2.24) is 0 Å². The van der Waals surface area contributed by atoms with Gasteiger partial charge in [-0.2, -0.15) is 0 Å². The lowest BCUT2D eigenvalue weighted by atomic mass is 9.94. The van der Waals surface area contributed by atoms with E-state index in [1.165, 1.54) is 77.2 Å². The Kier molecular flexibility index (Phi) is 8.42. The molecule has 100 valence electrons. The number of nitrogens with one attached hydrogen (secondary N) is 1. The van der Waals surface area contributed by atoms with Gasteiger partial charge in [-0.25, -0.2) is 0 Å². The van der Waals surface area contributed by atoms with Crippen molar-refractivity contribution in [2.45, 2.75) is 70.6 Å². The molecule has 0 aromatic rings. The predicted molar refractivity (Wildman–Crippen MR) is 76.5 cm³/mol. The number of hydrogen-bond acceptors (Lipinski definition) is 0. The minimum atomic E-state index is 1.34. The van der Waals surface area contributed by atoms with Gasteiger partial charge in [0.05, 0.1) is 20.6 Å². The van der Waals surface area contributed by atoms with E-state index in [1.807, 2.05) is 0 Å². The Balaban J connectivity index is 1.87. The fraction of sp³-hybridized carbons (Fsp3) is 0.875. The molecule has 0 bridgehead atoms. The topological polar surface area (TPSA) is 4.44 Å². The molecule has 0 heterocycles. The first kappa shape index (κ1) is 14.8. The van der Waals surface area contributed by atoms with Crippen molar-refractivity contribution in [3.63, 3.8) is 0 Å². The third kappa shape index (κ3) is 8.43. The van der Waals surface area contributed by atoms with Gasteiger partial charge in [0.25, 0.3) is 0 Å². The van der Waals surface area contributed by atoms with E-state index < -0.39 is 0 Å². The van der Waals surface area contributed by atoms with Gasteiger partial charge in [-0.15, -0.1) is 0 Å². The molecule has 0 aliphatic heterocycles. The van der Waals surface area contributed by atoms with Crippen LogP contribution < -0.4 is 4.90 Å². The maximum absolute atomic E-state index is 2.54. The Labute approximate surface area is 108 Å². The van der Waals surface area contributed by atoms with Crippen LogP contribution in [-0.4, -0.2) is 20.6 Å². The lowest BCUT2D eigenvalue weighted by molar-refractivity contribution is -0.858. The number of rotatable bonds is 8. The first-order chi connectivity index (χ1) is 8.29. The maximum Gasteiger partial charge on any atom is 0.0766 e. The summed E-state index contributed by atoms with van der Waals surface area (Å²) < 4.78 is 0. The quantitative estimate of drug-likeness (QED) is 0.488. The van der Waals surface area contributed by atoms with Gasteiger partial charge in [0.15, 0.2) is 0 Å². The minimum absolute atomic E-state index is 1.34. The van der Waals surface area contributed by atoms with E-state index in [0.717, 1.165) is 0 Å². The van der Waals surface area contributed by atoms with E-state index in [4.69, 9.17) is 0 Å². The van der Waals surface area contributed by atoms with Crippen LogP contribution in [0, 0.1) is 0 Å². The zero-order valence-corrected chi connectivity index (χ0v) is 12.1. The van der Waals surface area contributed by atoms with Crippen LogP contribution in [0.3, 0.4) is 0 Å². The third-order valence-electron chi connectivity index (χ3n) is 3.81. The first-order valence-corrected chi connectivity index (χ1v) is 7.76. The van der Waals surface area contributed by atoms with Gasteiger partial charge >= 0.3 is 0 Å². The molecule has 1 fully saturated rings. The highest BCUT2D eigenvalue weighted by atomic mass is 15.0. The number of unbranched alkanes of at least 4 members (excludes halogenated alkanes) is 5. The molecule has 1 saturated carbocycles. The van der Waals surface area contributed by atoms with Crippen molar-refractivity contribution >= 4 is 0 Å². The normalized spacial score (nSPS) is 16.5. The monoisotopic (exact) mass is 238 g/mol. The maximum atomic E-state index is 2.54. The lowest BCUT2D eigenvalue weighted by Gasteiger charge is -2.13. The molecule has 0 aromatic heterocycles. The SMILES string of the molecule is C[NH+](C)CCCCCCCC=C1CCCCC1. The van der Waals surface area contributed by atoms with Crippen molar-refractivity contribution in [2.24, 2.45) is 0 Å². The van der Waals surface area contributed by atoms with Gasteiger partial charge < -0.3 is 4.90 Å². The van der Waals surface area contributed by atoms with E-state index in [-0.39, 0.29) is 0 Å². The lowest BCUT2D eigenvalue weighted by Crippen LogP contribution is -3.05. The summed E-state index contributed by atoms with van der Waals surface area (Å²) in [5, 5.41) is 0. The summed E-state index contributed by atoms with van der Waals surface area (Å²) in [6, 6.07) is 0. The summed E-state index contributed by atoms with van der Waals surface area (Å²) in [6.45, 7) is 1.34. The van der Waals surface area contributed by atoms with Crippen LogP contribution in [-0.2, 0) is 0 Å². The molecule has 17 heavy (non-hydrogen) atoms. The van der Waals surface area contributed by atoms with Crippen molar-refractivity contribution in [1.29, 1.82) is 0 Å². The molecule has 0 spiro atoms. The van der Waals surface area contributed by atoms with Crippen molar-refractivity contribution in [2.75, 3.05) is 20.6 Å². The first-order valence-electron chi connectivity index (χ1n) is 7.76. The number of allylic oxidation sites excluding steroid dienone is 2. The molecule has 0 amide bonds. The highest BCUT2D eigenvalue weighted by molar-refractivity contribution is 5.03. The van der Waals surface area contributed by atoms with Crippen LogP contribution in [0.15, 0.2) is 11.6 Å². The van der Waals surface area contributed by atoms with E-state index >= 15 is 0 Å². The zero-order valence-electron chi connectivity index (χ0n) is 12.1. The number of hydrogen-bond donors (Lipinski definition) is 1. The van der Waals surface area contributed by atoms with Crippen LogP contribution >= 0.6 is 0 Å². The smallest absolute Gasteiger partial charge is 0.0766 e. The predicted octanol–water partition coefficient (Wildman–Crippen LogP) is 3.36. The second-order valence-corrected chi connectivity index (χ2v) is 5.94. The highest BCUT2D eigenvalue weighted by Crippen LogP contribution is 2.23. The highest BCUT2D eigenvalue weighted by Gasteiger charge is 2.03. The molecule has 0 aromatic carbocycles. The summed E-state index contributed by atoms with van der Waals surface area (Å²) in [7, 11) is 4.49. The Bertz CT molecular complexity index is 198. The van der Waals surface area contributed by atoms with Crippen LogP contribution in [0.25, 0.3) is 0 Å². The van der Waals surface area contributed by atoms with Crippen LogP contribution in [0.5, 0.6) is 0 Å². The van der Waals surface area contributed by atoms with Gasteiger partial charge in [0.1, 0.15) is 0 Å². The summed E-state index contributed by atoms with van der Waals surface area (Å²) >= 11 is 0. The summed E-state index contributed by atoms with van der Waals surface area (Å²) in [4.78, 5) is 1.59. The molecule has 1 nitrogen and oxygen atoms in total. The van der Waals surface area contributed by atoms with Crippen LogP contribution in [0.4, 0.5) is 0 Å². The Hall–Kier alpha value is -0.300. The van der Waals surface area contributed by atoms with E-state index in [0.29, 0.717) is 0 Å².